The summed E-state index contributed by atoms with van der Waals surface area (Å²) in [5.41, 5.74) is 6.56. The van der Waals surface area contributed by atoms with Crippen LogP contribution in [-0.2, 0) is 9.47 Å². The highest BCUT2D eigenvalue weighted by atomic mass is 31.2. The first-order valence-corrected chi connectivity index (χ1v) is 7.41. The third-order valence-electron chi connectivity index (χ3n) is 3.07. The Bertz CT molecular complexity index is 167. The van der Waals surface area contributed by atoms with Crippen LogP contribution in [0.2, 0.25) is 0 Å². The fraction of sp³-hybridized carbons (Fsp3) is 1.00. The van der Waals surface area contributed by atoms with Crippen LogP contribution < -0.4 is 5.50 Å². The van der Waals surface area contributed by atoms with Gasteiger partial charge in [-0.15, -0.1) is 0 Å². The Hall–Kier alpha value is 0.270. The fourth-order valence-electron chi connectivity index (χ4n) is 1.81. The predicted octanol–water partition coefficient (Wildman–Crippen LogP) is 2.12. The zero-order valence-electron chi connectivity index (χ0n) is 10.9. The monoisotopic (exact) mass is 237 g/mol. The van der Waals surface area contributed by atoms with Crippen molar-refractivity contribution in [3.05, 3.63) is 0 Å². The SMILES string of the molecule is CCN(CC)[P+](N)(C(C)OC)C(C)OC. The normalized spacial score (nSPS) is 20.0. The lowest BCUT2D eigenvalue weighted by atomic mass is 10.7. The minimum absolute atomic E-state index is 0.0346. The van der Waals surface area contributed by atoms with Crippen molar-refractivity contribution in [2.75, 3.05) is 27.3 Å². The second-order valence-electron chi connectivity index (χ2n) is 3.60. The van der Waals surface area contributed by atoms with Crippen molar-refractivity contribution in [1.29, 1.82) is 0 Å². The molecule has 0 saturated heterocycles. The van der Waals surface area contributed by atoms with E-state index >= 15 is 0 Å². The van der Waals surface area contributed by atoms with Gasteiger partial charge in [-0.1, -0.05) is 0 Å². The van der Waals surface area contributed by atoms with Crippen LogP contribution >= 0.6 is 7.56 Å². The highest BCUT2D eigenvalue weighted by Crippen LogP contribution is 2.62. The van der Waals surface area contributed by atoms with E-state index in [-0.39, 0.29) is 11.7 Å². The van der Waals surface area contributed by atoms with Crippen molar-refractivity contribution < 1.29 is 9.47 Å². The Labute approximate surface area is 94.5 Å². The van der Waals surface area contributed by atoms with Crippen LogP contribution in [0, 0.1) is 0 Å². The number of nitrogens with zero attached hydrogens (tertiary/aromatic N) is 1. The van der Waals surface area contributed by atoms with Crippen molar-refractivity contribution in [3.63, 3.8) is 0 Å². The molecule has 2 N–H and O–H groups in total. The molecule has 0 spiro atoms. The summed E-state index contributed by atoms with van der Waals surface area (Å²) in [6.07, 6.45) is 0. The van der Waals surface area contributed by atoms with Crippen LogP contribution in [0.5, 0.6) is 0 Å². The molecule has 0 radical (unpaired) electrons. The maximum Gasteiger partial charge on any atom is 0.207 e. The average Bonchev–Trinajstić information content (AvgIpc) is 2.27. The largest absolute Gasteiger partial charge is 0.344 e. The third-order valence-corrected chi connectivity index (χ3v) is 7.36. The van der Waals surface area contributed by atoms with Crippen molar-refractivity contribution >= 4 is 7.56 Å². The van der Waals surface area contributed by atoms with Gasteiger partial charge in [-0.2, -0.15) is 10.2 Å². The number of ether oxygens (including phenoxy) is 2. The lowest BCUT2D eigenvalue weighted by Crippen LogP contribution is -2.41. The van der Waals surface area contributed by atoms with Gasteiger partial charge in [0.25, 0.3) is 0 Å². The van der Waals surface area contributed by atoms with Crippen LogP contribution in [0.1, 0.15) is 27.7 Å². The average molecular weight is 237 g/mol. The zero-order valence-corrected chi connectivity index (χ0v) is 11.8. The third kappa shape index (κ3) is 3.11. The fourth-order valence-corrected chi connectivity index (χ4v) is 4.97. The van der Waals surface area contributed by atoms with Crippen LogP contribution in [0.3, 0.4) is 0 Å². The molecule has 5 heteroatoms. The summed E-state index contributed by atoms with van der Waals surface area (Å²) < 4.78 is 13.1. The summed E-state index contributed by atoms with van der Waals surface area (Å²) in [6, 6.07) is 0. The molecule has 2 unspecified atom stereocenters. The molecule has 2 atom stereocenters. The lowest BCUT2D eigenvalue weighted by Gasteiger charge is -2.38. The molecule has 0 rings (SSSR count). The Morgan fingerprint density at radius 2 is 1.40 bits per heavy atom. The molecule has 4 nitrogen and oxygen atoms in total. The number of methoxy groups -OCH3 is 2. The van der Waals surface area contributed by atoms with E-state index in [2.05, 4.69) is 18.5 Å². The van der Waals surface area contributed by atoms with Crippen molar-refractivity contribution in [2.24, 2.45) is 5.50 Å². The number of nitrogens with two attached hydrogens (primary N) is 1. The van der Waals surface area contributed by atoms with Crippen LogP contribution in [-0.4, -0.2) is 43.7 Å². The van der Waals surface area contributed by atoms with E-state index in [0.717, 1.165) is 13.1 Å². The Morgan fingerprint density at radius 3 is 1.60 bits per heavy atom. The molecule has 0 aliphatic rings. The number of hydrogen-bond donors (Lipinski definition) is 1. The summed E-state index contributed by atoms with van der Waals surface area (Å²) in [4.78, 5) is 0. The lowest BCUT2D eigenvalue weighted by molar-refractivity contribution is 0.139. The Balaban J connectivity index is 4.98. The van der Waals surface area contributed by atoms with Crippen LogP contribution in [0.15, 0.2) is 0 Å². The van der Waals surface area contributed by atoms with E-state index in [1.54, 1.807) is 14.2 Å². The minimum Gasteiger partial charge on any atom is -0.344 e. The minimum atomic E-state index is -1.87. The van der Waals surface area contributed by atoms with E-state index in [4.69, 9.17) is 15.0 Å². The number of rotatable bonds is 7. The first kappa shape index (κ1) is 15.3. The van der Waals surface area contributed by atoms with Crippen molar-refractivity contribution in [1.82, 2.24) is 4.67 Å². The molecule has 0 amide bonds. The molecule has 92 valence electrons. The molecule has 0 fully saturated rings. The van der Waals surface area contributed by atoms with Crippen LogP contribution in [0.4, 0.5) is 0 Å². The summed E-state index contributed by atoms with van der Waals surface area (Å²) in [7, 11) is 1.54. The molecular formula is C10H26N2O2P+. The van der Waals surface area contributed by atoms with Crippen molar-refractivity contribution in [3.8, 4) is 0 Å². The topological polar surface area (TPSA) is 47.7 Å². The molecule has 15 heavy (non-hydrogen) atoms. The predicted molar refractivity (Wildman–Crippen MR) is 67.0 cm³/mol. The zero-order chi connectivity index (χ0) is 12.1. The summed E-state index contributed by atoms with van der Waals surface area (Å²) in [5, 5.41) is 0. The van der Waals surface area contributed by atoms with E-state index in [0.29, 0.717) is 0 Å². The van der Waals surface area contributed by atoms with Gasteiger partial charge in [-0.3, -0.25) is 0 Å². The second kappa shape index (κ2) is 6.77. The quantitative estimate of drug-likeness (QED) is 0.689. The first-order chi connectivity index (χ1) is 6.98. The van der Waals surface area contributed by atoms with Crippen molar-refractivity contribution in [2.45, 2.75) is 39.4 Å². The van der Waals surface area contributed by atoms with E-state index < -0.39 is 7.56 Å². The molecule has 0 aliphatic carbocycles. The molecular weight excluding hydrogens is 211 g/mol. The summed E-state index contributed by atoms with van der Waals surface area (Å²) in [6.45, 7) is 10.2. The summed E-state index contributed by atoms with van der Waals surface area (Å²) >= 11 is 0. The van der Waals surface area contributed by atoms with Gasteiger partial charge in [0.15, 0.2) is 11.7 Å². The Kier molecular flexibility index (Phi) is 6.89. The second-order valence-corrected chi connectivity index (χ2v) is 7.21. The molecule has 0 saturated carbocycles. The van der Waals surface area contributed by atoms with Gasteiger partial charge < -0.3 is 9.47 Å². The van der Waals surface area contributed by atoms with Gasteiger partial charge in [-0.25, -0.2) is 0 Å². The maximum atomic E-state index is 6.56. The molecule has 0 aromatic rings. The Morgan fingerprint density at radius 1 is 1.07 bits per heavy atom. The van der Waals surface area contributed by atoms with E-state index in [9.17, 15) is 0 Å². The number of hydrogen-bond acceptors (Lipinski definition) is 4. The smallest absolute Gasteiger partial charge is 0.207 e. The highest BCUT2D eigenvalue weighted by Gasteiger charge is 2.51. The van der Waals surface area contributed by atoms with E-state index in [1.165, 1.54) is 0 Å². The molecule has 0 aliphatic heterocycles. The molecule has 0 aromatic heterocycles. The maximum absolute atomic E-state index is 6.56. The molecule has 0 heterocycles. The van der Waals surface area contributed by atoms with Gasteiger partial charge in [-0.05, 0) is 13.8 Å². The van der Waals surface area contributed by atoms with Gasteiger partial charge in [0, 0.05) is 41.2 Å². The van der Waals surface area contributed by atoms with Gasteiger partial charge >= 0.3 is 0 Å². The van der Waals surface area contributed by atoms with Gasteiger partial charge in [0.2, 0.25) is 7.56 Å². The van der Waals surface area contributed by atoms with Gasteiger partial charge in [0.1, 0.15) is 0 Å². The highest BCUT2D eigenvalue weighted by molar-refractivity contribution is 7.72. The summed E-state index contributed by atoms with van der Waals surface area (Å²) in [5.74, 6) is 0.0692. The van der Waals surface area contributed by atoms with E-state index in [1.807, 2.05) is 13.8 Å². The standard InChI is InChI=1S/C10H26N2O2P/c1-7-12(8-2)15(11,9(3)13-5)10(4)14-6/h9-10H,7-8,11H2,1-6H3/q+1. The first-order valence-electron chi connectivity index (χ1n) is 5.46. The molecule has 0 aromatic carbocycles. The van der Waals surface area contributed by atoms with Crippen LogP contribution in [0.25, 0.3) is 0 Å². The molecule has 0 bridgehead atoms. The van der Waals surface area contributed by atoms with Gasteiger partial charge in [0.05, 0.1) is 0 Å².